The quantitative estimate of drug-likeness (QED) is 0.0986. The van der Waals surface area contributed by atoms with Crippen LogP contribution in [0.1, 0.15) is 28.6 Å². The van der Waals surface area contributed by atoms with E-state index in [0.717, 1.165) is 22.8 Å². The molecule has 14 nitrogen and oxygen atoms in total. The molecule has 5 heterocycles. The molecule has 0 spiro atoms. The van der Waals surface area contributed by atoms with Crippen LogP contribution in [0.15, 0.2) is 69.3 Å². The number of nitrogens with zero attached hydrogens (tertiary/aromatic N) is 8. The number of azide groups is 1. The third kappa shape index (κ3) is 10.8. The van der Waals surface area contributed by atoms with Gasteiger partial charge in [0, 0.05) is 28.9 Å². The first-order chi connectivity index (χ1) is 17.6. The maximum atomic E-state index is 7.88. The summed E-state index contributed by atoms with van der Waals surface area (Å²) in [6.45, 7) is 0.870. The van der Waals surface area contributed by atoms with E-state index in [9.17, 15) is 0 Å². The molecule has 0 aliphatic heterocycles. The minimum Gasteiger partial charge on any atom is -0.469 e. The van der Waals surface area contributed by atoms with Gasteiger partial charge in [0.2, 0.25) is 0 Å². The van der Waals surface area contributed by atoms with E-state index < -0.39 is 0 Å². The molecular weight excluding hydrogens is 535 g/mol. The lowest BCUT2D eigenvalue weighted by atomic mass is 10.3. The van der Waals surface area contributed by atoms with E-state index in [1.807, 2.05) is 18.3 Å². The van der Waals surface area contributed by atoms with Crippen molar-refractivity contribution in [1.29, 1.82) is 0 Å². The van der Waals surface area contributed by atoms with Crippen LogP contribution in [0.4, 0.5) is 11.9 Å². The van der Waals surface area contributed by atoms with Crippen molar-refractivity contribution < 1.29 is 8.83 Å². The number of furan rings is 2. The molecule has 0 fully saturated rings. The molecule has 0 radical (unpaired) electrons. The topological polar surface area (TPSA) is 215 Å². The van der Waals surface area contributed by atoms with Gasteiger partial charge in [0.1, 0.15) is 18.1 Å². The summed E-state index contributed by atoms with van der Waals surface area (Å²) in [6.07, 6.45) is 14.6. The molecule has 0 bridgehead atoms. The Labute approximate surface area is 229 Å². The molecular formula is C22H26Cl2N12O2. The molecule has 0 aliphatic rings. The predicted octanol–water partition coefficient (Wildman–Crippen LogP) is 3.92. The molecule has 0 aromatic carbocycles. The number of rotatable bonds is 7. The van der Waals surface area contributed by atoms with Crippen molar-refractivity contribution in [2.45, 2.75) is 25.9 Å². The first-order valence-corrected chi connectivity index (χ1v) is 10.5. The fraction of sp³-hybridized carbons (Fsp3) is 0.182. The number of aromatic nitrogens is 7. The van der Waals surface area contributed by atoms with E-state index in [1.54, 1.807) is 41.7 Å². The van der Waals surface area contributed by atoms with Crippen LogP contribution in [-0.4, -0.2) is 34.9 Å². The van der Waals surface area contributed by atoms with Crippen LogP contribution in [0.2, 0.25) is 0 Å². The Hall–Kier alpha value is -4.83. The zero-order valence-corrected chi connectivity index (χ0v) is 21.6. The lowest BCUT2D eigenvalue weighted by Gasteiger charge is -1.94. The molecule has 5 rings (SSSR count). The van der Waals surface area contributed by atoms with E-state index in [1.165, 1.54) is 0 Å². The van der Waals surface area contributed by atoms with Crippen LogP contribution in [0.3, 0.4) is 0 Å². The fourth-order valence-corrected chi connectivity index (χ4v) is 2.80. The summed E-state index contributed by atoms with van der Waals surface area (Å²) in [6, 6.07) is 7.26. The number of hydrogen-bond donors (Lipinski definition) is 4. The molecule has 0 aliphatic carbocycles. The standard InChI is InChI=1S/C11H12N6O.C6H7N3.C5H5N3O.2ClH/c12-11-13-5-8(14-11)4-9-6-17(16-15-9)7-10-2-1-3-18-10;1-2-3-5-4-8-6(7)9-5;6-8-7-4-5-2-1-3-9-5;;/h1-3,5-6H,4,7H2,(H3,12,13,14);1,4H,3H2,(H3,7,8,9);1-3H,4H2;2*1H. The summed E-state index contributed by atoms with van der Waals surface area (Å²) < 4.78 is 11.8. The van der Waals surface area contributed by atoms with Crippen molar-refractivity contribution in [3.63, 3.8) is 0 Å². The highest BCUT2D eigenvalue weighted by Crippen LogP contribution is 2.07. The molecule has 5 aromatic rings. The Balaban J connectivity index is 0.000000308. The Kier molecular flexibility index (Phi) is 13.8. The first kappa shape index (κ1) is 31.2. The molecule has 0 amide bonds. The van der Waals surface area contributed by atoms with Gasteiger partial charge in [0.15, 0.2) is 11.9 Å². The number of nitrogens with one attached hydrogen (secondary N) is 2. The molecule has 0 unspecified atom stereocenters. The van der Waals surface area contributed by atoms with Crippen LogP contribution in [0.25, 0.3) is 10.4 Å². The highest BCUT2D eigenvalue weighted by Gasteiger charge is 2.05. The van der Waals surface area contributed by atoms with Gasteiger partial charge in [-0.25, -0.2) is 14.6 Å². The maximum absolute atomic E-state index is 7.88. The minimum absolute atomic E-state index is 0. The van der Waals surface area contributed by atoms with Crippen molar-refractivity contribution >= 4 is 36.7 Å². The Morgan fingerprint density at radius 3 is 2.18 bits per heavy atom. The molecule has 0 saturated carbocycles. The monoisotopic (exact) mass is 560 g/mol. The minimum atomic E-state index is 0. The smallest absolute Gasteiger partial charge is 0.197 e. The Bertz CT molecular complexity index is 1390. The molecule has 38 heavy (non-hydrogen) atoms. The molecule has 200 valence electrons. The van der Waals surface area contributed by atoms with Crippen LogP contribution >= 0.6 is 24.8 Å². The number of anilines is 2. The fourth-order valence-electron chi connectivity index (χ4n) is 2.80. The maximum Gasteiger partial charge on any atom is 0.197 e. The predicted molar refractivity (Wildman–Crippen MR) is 145 cm³/mol. The Morgan fingerprint density at radius 2 is 1.66 bits per heavy atom. The summed E-state index contributed by atoms with van der Waals surface area (Å²) in [4.78, 5) is 16.0. The number of halogens is 2. The number of imidazole rings is 2. The van der Waals surface area contributed by atoms with Crippen molar-refractivity contribution in [3.8, 4) is 12.3 Å². The summed E-state index contributed by atoms with van der Waals surface area (Å²) in [5.41, 5.74) is 21.3. The number of hydrogen-bond acceptors (Lipinski definition) is 9. The van der Waals surface area contributed by atoms with Crippen LogP contribution in [0.5, 0.6) is 0 Å². The van der Waals surface area contributed by atoms with Gasteiger partial charge in [0.05, 0.1) is 43.6 Å². The van der Waals surface area contributed by atoms with E-state index in [2.05, 4.69) is 46.2 Å². The van der Waals surface area contributed by atoms with Gasteiger partial charge in [0.25, 0.3) is 0 Å². The zero-order valence-electron chi connectivity index (χ0n) is 20.0. The largest absolute Gasteiger partial charge is 0.469 e. The van der Waals surface area contributed by atoms with E-state index in [-0.39, 0.29) is 24.8 Å². The average molecular weight is 561 g/mol. The van der Waals surface area contributed by atoms with Crippen LogP contribution < -0.4 is 11.5 Å². The molecule has 0 atom stereocenters. The van der Waals surface area contributed by atoms with E-state index >= 15 is 0 Å². The molecule has 6 N–H and O–H groups in total. The lowest BCUT2D eigenvalue weighted by molar-refractivity contribution is 0.475. The van der Waals surface area contributed by atoms with Gasteiger partial charge >= 0.3 is 0 Å². The van der Waals surface area contributed by atoms with Crippen molar-refractivity contribution in [3.05, 3.63) is 94.4 Å². The molecule has 0 saturated heterocycles. The van der Waals surface area contributed by atoms with Gasteiger partial charge < -0.3 is 30.3 Å². The molecule has 16 heteroatoms. The third-order valence-corrected chi connectivity index (χ3v) is 4.31. The summed E-state index contributed by atoms with van der Waals surface area (Å²) in [5.74, 6) is 4.83. The van der Waals surface area contributed by atoms with Crippen molar-refractivity contribution in [1.82, 2.24) is 34.9 Å². The van der Waals surface area contributed by atoms with E-state index in [0.29, 0.717) is 43.6 Å². The lowest BCUT2D eigenvalue weighted by Crippen LogP contribution is -1.98. The van der Waals surface area contributed by atoms with Crippen molar-refractivity contribution in [2.75, 3.05) is 11.5 Å². The summed E-state index contributed by atoms with van der Waals surface area (Å²) in [7, 11) is 0. The SMILES string of the molecule is C#CCc1cnc(N)[nH]1.Cl.Cl.Nc1ncc(Cc2cn(Cc3ccco3)nn2)[nH]1.[N-]=[N+]=NCc1ccco1. The van der Waals surface area contributed by atoms with Gasteiger partial charge in [-0.2, -0.15) is 0 Å². The van der Waals surface area contributed by atoms with Gasteiger partial charge in [-0.05, 0) is 29.8 Å². The Morgan fingerprint density at radius 1 is 1.03 bits per heavy atom. The van der Waals surface area contributed by atoms with Crippen LogP contribution in [0, 0.1) is 12.3 Å². The second kappa shape index (κ2) is 16.8. The number of nitrogen functional groups attached to an aromatic ring is 2. The number of aromatic amines is 2. The second-order valence-corrected chi connectivity index (χ2v) is 7.10. The second-order valence-electron chi connectivity index (χ2n) is 7.10. The zero-order chi connectivity index (χ0) is 25.6. The van der Waals surface area contributed by atoms with E-state index in [4.69, 9.17) is 32.3 Å². The van der Waals surface area contributed by atoms with Gasteiger partial charge in [-0.3, -0.25) is 0 Å². The van der Waals surface area contributed by atoms with Crippen LogP contribution in [-0.2, 0) is 25.9 Å². The average Bonchev–Trinajstić information content (AvgIpc) is 3.69. The highest BCUT2D eigenvalue weighted by atomic mass is 35.5. The van der Waals surface area contributed by atoms with Gasteiger partial charge in [-0.1, -0.05) is 10.3 Å². The highest BCUT2D eigenvalue weighted by molar-refractivity contribution is 5.85. The summed E-state index contributed by atoms with van der Waals surface area (Å²) >= 11 is 0. The normalized spacial score (nSPS) is 9.24. The number of terminal acetylenes is 1. The third-order valence-electron chi connectivity index (χ3n) is 4.31. The molecule has 5 aromatic heterocycles. The first-order valence-electron chi connectivity index (χ1n) is 10.5. The number of H-pyrrole nitrogens is 2. The number of nitrogens with two attached hydrogens (primary N) is 2. The van der Waals surface area contributed by atoms with Gasteiger partial charge in [-0.15, -0.1) is 42.3 Å². The summed E-state index contributed by atoms with van der Waals surface area (Å²) in [5, 5.41) is 11.4. The van der Waals surface area contributed by atoms with Crippen molar-refractivity contribution in [2.24, 2.45) is 5.11 Å².